The number of carbonyl (C=O) groups is 2. The van der Waals surface area contributed by atoms with Gasteiger partial charge in [-0.05, 0) is 109 Å². The number of Topliss-reactive ketones (excluding diaryl/α,β-unsaturated/α-hetero) is 1. The van der Waals surface area contributed by atoms with E-state index in [4.69, 9.17) is 0 Å². The molecule has 0 heterocycles. The molecule has 1 aromatic rings. The number of fused-ring (bicyclic) bond motifs is 5. The SMILES string of the molecule is C[C@]12CCC(C(=O)O)=CC1=CC[C@H]1[C@@H]3CCC[C@@]3(CC(=O)c3ccc(O)cc3)CC[C@@H]12. The van der Waals surface area contributed by atoms with Crippen LogP contribution in [0.25, 0.3) is 0 Å². The highest BCUT2D eigenvalue weighted by atomic mass is 16.4. The zero-order chi connectivity index (χ0) is 21.8. The van der Waals surface area contributed by atoms with E-state index >= 15 is 0 Å². The molecular weight excluding hydrogens is 388 g/mol. The van der Waals surface area contributed by atoms with Crippen molar-refractivity contribution >= 4 is 11.8 Å². The molecule has 0 bridgehead atoms. The molecule has 0 aromatic heterocycles. The van der Waals surface area contributed by atoms with Gasteiger partial charge in [-0.15, -0.1) is 0 Å². The Morgan fingerprint density at radius 2 is 1.84 bits per heavy atom. The van der Waals surface area contributed by atoms with Crippen LogP contribution in [0.2, 0.25) is 0 Å². The standard InChI is InChI=1S/C27H32O4/c1-26-13-10-18(25(30)31)15-19(26)6-9-21-22(26)11-14-27(12-2-3-23(21)27)16-24(29)17-4-7-20(28)8-5-17/h4-8,15,21-23,28H,2-3,9-14,16H2,1H3,(H,30,31)/t21-,22+,23+,26+,27+/m1/s1. The maximum atomic E-state index is 13.2. The number of hydrogen-bond donors (Lipinski definition) is 2. The topological polar surface area (TPSA) is 74.6 Å². The maximum absolute atomic E-state index is 13.2. The number of allylic oxidation sites excluding steroid dienone is 3. The summed E-state index contributed by atoms with van der Waals surface area (Å²) in [5.74, 6) is 1.37. The summed E-state index contributed by atoms with van der Waals surface area (Å²) in [4.78, 5) is 24.7. The molecule has 31 heavy (non-hydrogen) atoms. The van der Waals surface area contributed by atoms with Crippen molar-refractivity contribution in [2.24, 2.45) is 28.6 Å². The van der Waals surface area contributed by atoms with E-state index in [1.54, 1.807) is 24.3 Å². The average Bonchev–Trinajstić information content (AvgIpc) is 3.17. The van der Waals surface area contributed by atoms with E-state index in [1.165, 1.54) is 18.4 Å². The van der Waals surface area contributed by atoms with Crippen LogP contribution in [0.3, 0.4) is 0 Å². The first-order valence-electron chi connectivity index (χ1n) is 11.8. The van der Waals surface area contributed by atoms with E-state index in [9.17, 15) is 19.8 Å². The molecule has 2 saturated carbocycles. The van der Waals surface area contributed by atoms with Gasteiger partial charge in [0.2, 0.25) is 0 Å². The van der Waals surface area contributed by atoms with Crippen LogP contribution in [0.4, 0.5) is 0 Å². The number of phenols is 1. The van der Waals surface area contributed by atoms with Crippen LogP contribution in [0.5, 0.6) is 5.75 Å². The molecule has 5 atom stereocenters. The van der Waals surface area contributed by atoms with E-state index < -0.39 is 5.97 Å². The Bertz CT molecular complexity index is 971. The van der Waals surface area contributed by atoms with Gasteiger partial charge in [0.1, 0.15) is 5.75 Å². The van der Waals surface area contributed by atoms with Gasteiger partial charge < -0.3 is 10.2 Å². The number of hydrogen-bond acceptors (Lipinski definition) is 3. The fourth-order valence-electron chi connectivity index (χ4n) is 7.66. The van der Waals surface area contributed by atoms with Crippen molar-refractivity contribution in [1.29, 1.82) is 0 Å². The number of carbonyl (C=O) groups excluding carboxylic acids is 1. The van der Waals surface area contributed by atoms with Crippen LogP contribution < -0.4 is 0 Å². The fourth-order valence-corrected chi connectivity index (χ4v) is 7.66. The summed E-state index contributed by atoms with van der Waals surface area (Å²) >= 11 is 0. The summed E-state index contributed by atoms with van der Waals surface area (Å²) < 4.78 is 0. The second-order valence-corrected chi connectivity index (χ2v) is 10.6. The molecule has 5 rings (SSSR count). The molecule has 4 heteroatoms. The third kappa shape index (κ3) is 3.26. The molecule has 4 nitrogen and oxygen atoms in total. The number of aliphatic carboxylic acids is 1. The van der Waals surface area contributed by atoms with Crippen molar-refractivity contribution in [1.82, 2.24) is 0 Å². The Labute approximate surface area is 184 Å². The molecule has 0 unspecified atom stereocenters. The molecule has 2 fully saturated rings. The minimum Gasteiger partial charge on any atom is -0.508 e. The van der Waals surface area contributed by atoms with Crippen LogP contribution in [0.1, 0.15) is 75.1 Å². The van der Waals surface area contributed by atoms with E-state index in [1.807, 2.05) is 6.08 Å². The summed E-state index contributed by atoms with van der Waals surface area (Å²) in [7, 11) is 0. The quantitative estimate of drug-likeness (QED) is 0.593. The first kappa shape index (κ1) is 20.5. The minimum absolute atomic E-state index is 0.0670. The van der Waals surface area contributed by atoms with Gasteiger partial charge in [0.15, 0.2) is 5.78 Å². The molecule has 4 aliphatic carbocycles. The van der Waals surface area contributed by atoms with E-state index in [0.29, 0.717) is 41.7 Å². The Morgan fingerprint density at radius 3 is 2.58 bits per heavy atom. The van der Waals surface area contributed by atoms with Gasteiger partial charge in [-0.3, -0.25) is 4.79 Å². The summed E-state index contributed by atoms with van der Waals surface area (Å²) in [6.45, 7) is 2.36. The third-order valence-corrected chi connectivity index (χ3v) is 9.27. The van der Waals surface area contributed by atoms with E-state index in [2.05, 4.69) is 13.0 Å². The minimum atomic E-state index is -0.781. The molecule has 1 aromatic carbocycles. The van der Waals surface area contributed by atoms with E-state index in [-0.39, 0.29) is 22.4 Å². The Kier molecular flexibility index (Phi) is 4.87. The summed E-state index contributed by atoms with van der Waals surface area (Å²) in [5, 5.41) is 19.0. The predicted octanol–water partition coefficient (Wildman–Crippen LogP) is 5.92. The molecule has 0 radical (unpaired) electrons. The molecular formula is C27H32O4. The van der Waals surface area contributed by atoms with E-state index in [0.717, 1.165) is 32.1 Å². The van der Waals surface area contributed by atoms with Gasteiger partial charge in [-0.2, -0.15) is 0 Å². The number of carboxylic acids is 1. The molecule has 0 aliphatic heterocycles. The number of phenolic OH excluding ortho intramolecular Hbond substituents is 1. The van der Waals surface area contributed by atoms with Gasteiger partial charge in [0, 0.05) is 17.6 Å². The number of ketones is 1. The highest BCUT2D eigenvalue weighted by Crippen LogP contribution is 2.65. The molecule has 2 N–H and O–H groups in total. The van der Waals surface area contributed by atoms with Crippen LogP contribution >= 0.6 is 0 Å². The molecule has 4 aliphatic rings. The number of benzene rings is 1. The highest BCUT2D eigenvalue weighted by Gasteiger charge is 2.57. The normalized spacial score (nSPS) is 36.5. The van der Waals surface area contributed by atoms with Crippen molar-refractivity contribution in [2.45, 2.75) is 64.7 Å². The molecule has 0 amide bonds. The zero-order valence-electron chi connectivity index (χ0n) is 18.3. The fraction of sp³-hybridized carbons (Fsp3) is 0.556. The van der Waals surface area contributed by atoms with Crippen molar-refractivity contribution in [3.05, 3.63) is 53.1 Å². The Hall–Kier alpha value is -2.36. The summed E-state index contributed by atoms with van der Waals surface area (Å²) in [5.41, 5.74) is 2.67. The van der Waals surface area contributed by atoms with Crippen molar-refractivity contribution < 1.29 is 19.8 Å². The lowest BCUT2D eigenvalue weighted by molar-refractivity contribution is -0.133. The number of aromatic hydroxyl groups is 1. The van der Waals surface area contributed by atoms with Crippen LogP contribution in [-0.2, 0) is 4.79 Å². The number of rotatable bonds is 4. The van der Waals surface area contributed by atoms with Crippen molar-refractivity contribution in [3.8, 4) is 5.75 Å². The van der Waals surface area contributed by atoms with Crippen molar-refractivity contribution in [3.63, 3.8) is 0 Å². The number of carboxylic acid groups (broad SMARTS) is 1. The average molecular weight is 421 g/mol. The van der Waals surface area contributed by atoms with Gasteiger partial charge in [0.05, 0.1) is 0 Å². The lowest BCUT2D eigenvalue weighted by Crippen LogP contribution is -2.49. The third-order valence-electron chi connectivity index (χ3n) is 9.27. The Balaban J connectivity index is 1.41. The van der Waals surface area contributed by atoms with Gasteiger partial charge in [-0.1, -0.05) is 19.4 Å². The zero-order valence-corrected chi connectivity index (χ0v) is 18.3. The largest absolute Gasteiger partial charge is 0.508 e. The molecule has 164 valence electrons. The summed E-state index contributed by atoms with van der Waals surface area (Å²) in [6.07, 6.45) is 13.3. The highest BCUT2D eigenvalue weighted by molar-refractivity contribution is 5.96. The predicted molar refractivity (Wildman–Crippen MR) is 119 cm³/mol. The van der Waals surface area contributed by atoms with Crippen LogP contribution in [0.15, 0.2) is 47.6 Å². The monoisotopic (exact) mass is 420 g/mol. The second-order valence-electron chi connectivity index (χ2n) is 10.6. The van der Waals surface area contributed by atoms with Crippen LogP contribution in [0, 0.1) is 28.6 Å². The van der Waals surface area contributed by atoms with Gasteiger partial charge in [0.25, 0.3) is 0 Å². The lowest BCUT2D eigenvalue weighted by atomic mass is 9.47. The molecule has 0 saturated heterocycles. The van der Waals surface area contributed by atoms with Crippen molar-refractivity contribution in [2.75, 3.05) is 0 Å². The van der Waals surface area contributed by atoms with Gasteiger partial charge in [-0.25, -0.2) is 4.79 Å². The van der Waals surface area contributed by atoms with Crippen LogP contribution in [-0.4, -0.2) is 22.0 Å². The van der Waals surface area contributed by atoms with Gasteiger partial charge >= 0.3 is 5.97 Å². The first-order valence-corrected chi connectivity index (χ1v) is 11.8. The summed E-state index contributed by atoms with van der Waals surface area (Å²) in [6, 6.07) is 6.69. The molecule has 0 spiro atoms. The Morgan fingerprint density at radius 1 is 1.06 bits per heavy atom. The maximum Gasteiger partial charge on any atom is 0.331 e. The lowest BCUT2D eigenvalue weighted by Gasteiger charge is -2.56. The second kappa shape index (κ2) is 7.36. The smallest absolute Gasteiger partial charge is 0.331 e. The first-order chi connectivity index (χ1) is 14.8.